The van der Waals surface area contributed by atoms with Crippen LogP contribution in [0.5, 0.6) is 0 Å². The van der Waals surface area contributed by atoms with Gasteiger partial charge in [-0.1, -0.05) is 30.2 Å². The SMILES string of the molecule is Cc1nc(CSc2ccccc2C(=O)Nc2cccc(C#Cc3ccccn3)c2)cs1. The Kier molecular flexibility index (Phi) is 6.78. The summed E-state index contributed by atoms with van der Waals surface area (Å²) < 4.78 is 0. The maximum absolute atomic E-state index is 13.0. The zero-order chi connectivity index (χ0) is 21.5. The van der Waals surface area contributed by atoms with Crippen molar-refractivity contribution in [2.75, 3.05) is 5.32 Å². The van der Waals surface area contributed by atoms with Crippen molar-refractivity contribution in [2.24, 2.45) is 0 Å². The van der Waals surface area contributed by atoms with Crippen LogP contribution in [0.1, 0.15) is 32.3 Å². The summed E-state index contributed by atoms with van der Waals surface area (Å²) in [5, 5.41) is 6.10. The number of benzene rings is 2. The number of carbonyl (C=O) groups is 1. The summed E-state index contributed by atoms with van der Waals surface area (Å²) in [7, 11) is 0. The van der Waals surface area contributed by atoms with E-state index in [9.17, 15) is 4.79 Å². The fraction of sp³-hybridized carbons (Fsp3) is 0.0800. The van der Waals surface area contributed by atoms with E-state index in [0.717, 1.165) is 26.9 Å². The summed E-state index contributed by atoms with van der Waals surface area (Å²) in [5.41, 5.74) is 3.89. The summed E-state index contributed by atoms with van der Waals surface area (Å²) in [6.07, 6.45) is 1.71. The Hall–Kier alpha value is -3.40. The van der Waals surface area contributed by atoms with Gasteiger partial charge in [0.1, 0.15) is 5.69 Å². The molecule has 2 heterocycles. The lowest BCUT2D eigenvalue weighted by molar-refractivity contribution is 0.102. The average Bonchev–Trinajstić information content (AvgIpc) is 3.22. The minimum atomic E-state index is -0.146. The molecule has 6 heteroatoms. The number of carbonyl (C=O) groups excluding carboxylic acids is 1. The van der Waals surface area contributed by atoms with Gasteiger partial charge in [-0.3, -0.25) is 4.79 Å². The molecule has 4 nitrogen and oxygen atoms in total. The molecule has 0 atom stereocenters. The molecule has 4 rings (SSSR count). The molecule has 0 bridgehead atoms. The minimum absolute atomic E-state index is 0.146. The Morgan fingerprint density at radius 1 is 1.06 bits per heavy atom. The monoisotopic (exact) mass is 441 g/mol. The first kappa shape index (κ1) is 20.9. The van der Waals surface area contributed by atoms with Gasteiger partial charge in [0.05, 0.1) is 16.3 Å². The molecule has 2 aromatic heterocycles. The van der Waals surface area contributed by atoms with Gasteiger partial charge in [0, 0.05) is 33.5 Å². The van der Waals surface area contributed by atoms with E-state index in [-0.39, 0.29) is 5.91 Å². The summed E-state index contributed by atoms with van der Waals surface area (Å²) in [4.78, 5) is 22.6. The number of aryl methyl sites for hydroxylation is 1. The van der Waals surface area contributed by atoms with E-state index in [2.05, 4.69) is 32.5 Å². The van der Waals surface area contributed by atoms with Gasteiger partial charge in [0.25, 0.3) is 5.91 Å². The van der Waals surface area contributed by atoms with Crippen molar-refractivity contribution >= 4 is 34.7 Å². The van der Waals surface area contributed by atoms with Crippen LogP contribution in [0.3, 0.4) is 0 Å². The van der Waals surface area contributed by atoms with E-state index in [0.29, 0.717) is 16.9 Å². The number of rotatable bonds is 5. The van der Waals surface area contributed by atoms with E-state index in [4.69, 9.17) is 0 Å². The zero-order valence-electron chi connectivity index (χ0n) is 16.8. The number of thioether (sulfide) groups is 1. The molecule has 0 radical (unpaired) electrons. The van der Waals surface area contributed by atoms with E-state index in [1.54, 1.807) is 29.3 Å². The average molecular weight is 442 g/mol. The molecular formula is C25H19N3OS2. The number of aromatic nitrogens is 2. The molecule has 0 saturated carbocycles. The van der Waals surface area contributed by atoms with Gasteiger partial charge in [0.15, 0.2) is 0 Å². The summed E-state index contributed by atoms with van der Waals surface area (Å²) in [6.45, 7) is 2.00. The highest BCUT2D eigenvalue weighted by Gasteiger charge is 2.12. The molecule has 0 aliphatic heterocycles. The molecule has 0 fully saturated rings. The van der Waals surface area contributed by atoms with Crippen LogP contribution in [-0.4, -0.2) is 15.9 Å². The molecule has 1 N–H and O–H groups in total. The number of nitrogens with one attached hydrogen (secondary N) is 1. The third-order valence-electron chi connectivity index (χ3n) is 4.29. The van der Waals surface area contributed by atoms with Crippen molar-refractivity contribution in [3.8, 4) is 11.8 Å². The lowest BCUT2D eigenvalue weighted by Gasteiger charge is -2.10. The molecular weight excluding hydrogens is 422 g/mol. The standard InChI is InChI=1S/C25H19N3OS2/c1-18-27-22(16-30-18)17-31-24-11-3-2-10-23(24)25(29)28-21-9-6-7-19(15-21)12-13-20-8-4-5-14-26-20/h2-11,14-16H,17H2,1H3,(H,28,29). The molecule has 4 aromatic rings. The van der Waals surface area contributed by atoms with E-state index in [1.165, 1.54) is 0 Å². The van der Waals surface area contributed by atoms with Crippen molar-refractivity contribution < 1.29 is 4.79 Å². The number of nitrogens with zero attached hydrogens (tertiary/aromatic N) is 2. The third kappa shape index (κ3) is 5.82. The normalized spacial score (nSPS) is 10.2. The predicted molar refractivity (Wildman–Crippen MR) is 127 cm³/mol. The van der Waals surface area contributed by atoms with Crippen LogP contribution in [0.4, 0.5) is 5.69 Å². The van der Waals surface area contributed by atoms with Gasteiger partial charge in [-0.05, 0) is 55.3 Å². The Labute approximate surface area is 189 Å². The second-order valence-electron chi connectivity index (χ2n) is 6.64. The fourth-order valence-electron chi connectivity index (χ4n) is 2.85. The van der Waals surface area contributed by atoms with Crippen LogP contribution in [0.15, 0.2) is 83.2 Å². The van der Waals surface area contributed by atoms with E-state index >= 15 is 0 Å². The van der Waals surface area contributed by atoms with E-state index in [1.807, 2.05) is 73.7 Å². The van der Waals surface area contributed by atoms with Crippen molar-refractivity contribution in [2.45, 2.75) is 17.6 Å². The van der Waals surface area contributed by atoms with Gasteiger partial charge in [-0.2, -0.15) is 0 Å². The maximum atomic E-state index is 13.0. The molecule has 0 aliphatic rings. The Morgan fingerprint density at radius 2 is 1.94 bits per heavy atom. The summed E-state index contributed by atoms with van der Waals surface area (Å²) >= 11 is 3.25. The number of amides is 1. The molecule has 2 aromatic carbocycles. The van der Waals surface area contributed by atoms with Crippen LogP contribution < -0.4 is 5.32 Å². The largest absolute Gasteiger partial charge is 0.322 e. The highest BCUT2D eigenvalue weighted by Crippen LogP contribution is 2.27. The second kappa shape index (κ2) is 10.1. The van der Waals surface area contributed by atoms with Gasteiger partial charge in [-0.15, -0.1) is 23.1 Å². The predicted octanol–water partition coefficient (Wildman–Crippen LogP) is 5.79. The van der Waals surface area contributed by atoms with Gasteiger partial charge in [-0.25, -0.2) is 9.97 Å². The quantitative estimate of drug-likeness (QED) is 0.315. The first-order valence-corrected chi connectivity index (χ1v) is 11.5. The smallest absolute Gasteiger partial charge is 0.256 e. The molecule has 0 aliphatic carbocycles. The minimum Gasteiger partial charge on any atom is -0.322 e. The third-order valence-corrected chi connectivity index (χ3v) is 6.22. The summed E-state index contributed by atoms with van der Waals surface area (Å²) in [6, 6.07) is 20.8. The molecule has 0 saturated heterocycles. The lowest BCUT2D eigenvalue weighted by atomic mass is 10.1. The number of anilines is 1. The molecule has 0 unspecified atom stereocenters. The van der Waals surface area contributed by atoms with E-state index < -0.39 is 0 Å². The topological polar surface area (TPSA) is 54.9 Å². The Balaban J connectivity index is 1.47. The van der Waals surface area contributed by atoms with Gasteiger partial charge < -0.3 is 5.32 Å². The van der Waals surface area contributed by atoms with Crippen LogP contribution >= 0.6 is 23.1 Å². The lowest BCUT2D eigenvalue weighted by Crippen LogP contribution is -2.13. The number of hydrogen-bond acceptors (Lipinski definition) is 5. The maximum Gasteiger partial charge on any atom is 0.256 e. The Morgan fingerprint density at radius 3 is 2.74 bits per heavy atom. The van der Waals surface area contributed by atoms with Crippen LogP contribution in [0.2, 0.25) is 0 Å². The number of hydrogen-bond donors (Lipinski definition) is 1. The Bertz CT molecular complexity index is 1260. The van der Waals surface area contributed by atoms with Crippen LogP contribution in [0.25, 0.3) is 0 Å². The first-order chi connectivity index (χ1) is 15.2. The second-order valence-corrected chi connectivity index (χ2v) is 8.72. The molecule has 31 heavy (non-hydrogen) atoms. The number of thiazole rings is 1. The van der Waals surface area contributed by atoms with Crippen molar-refractivity contribution in [1.82, 2.24) is 9.97 Å². The first-order valence-electron chi connectivity index (χ1n) is 9.65. The van der Waals surface area contributed by atoms with Crippen molar-refractivity contribution in [3.05, 3.63) is 106 Å². The van der Waals surface area contributed by atoms with Crippen molar-refractivity contribution in [1.29, 1.82) is 0 Å². The van der Waals surface area contributed by atoms with Crippen molar-refractivity contribution in [3.63, 3.8) is 0 Å². The van der Waals surface area contributed by atoms with Gasteiger partial charge in [0.2, 0.25) is 0 Å². The zero-order valence-corrected chi connectivity index (χ0v) is 18.5. The molecule has 152 valence electrons. The fourth-order valence-corrected chi connectivity index (χ4v) is 4.51. The highest BCUT2D eigenvalue weighted by molar-refractivity contribution is 7.98. The van der Waals surface area contributed by atoms with Crippen LogP contribution in [0, 0.1) is 18.8 Å². The number of pyridine rings is 1. The van der Waals surface area contributed by atoms with Crippen LogP contribution in [-0.2, 0) is 5.75 Å². The molecule has 1 amide bonds. The molecule has 0 spiro atoms. The highest BCUT2D eigenvalue weighted by atomic mass is 32.2. The summed E-state index contributed by atoms with van der Waals surface area (Å²) in [5.74, 6) is 6.71. The van der Waals surface area contributed by atoms with Gasteiger partial charge >= 0.3 is 0 Å².